The van der Waals surface area contributed by atoms with Crippen LogP contribution in [0.3, 0.4) is 0 Å². The van der Waals surface area contributed by atoms with E-state index in [4.69, 9.17) is 0 Å². The van der Waals surface area contributed by atoms with Gasteiger partial charge in [-0.2, -0.15) is 0 Å². The number of nitrogens with zero attached hydrogens (tertiary/aromatic N) is 2. The molecule has 1 aromatic heterocycles. The van der Waals surface area contributed by atoms with Gasteiger partial charge in [0.25, 0.3) is 0 Å². The fourth-order valence-electron chi connectivity index (χ4n) is 1.75. The van der Waals surface area contributed by atoms with E-state index in [2.05, 4.69) is 4.98 Å². The van der Waals surface area contributed by atoms with E-state index in [9.17, 15) is 9.59 Å². The van der Waals surface area contributed by atoms with Crippen molar-refractivity contribution >= 4 is 5.78 Å². The summed E-state index contributed by atoms with van der Waals surface area (Å²) >= 11 is 0. The van der Waals surface area contributed by atoms with Gasteiger partial charge in [-0.05, 0) is 18.1 Å². The molecule has 0 atom stereocenters. The summed E-state index contributed by atoms with van der Waals surface area (Å²) in [6, 6.07) is 9.49. The largest absolute Gasteiger partial charge is 0.347 e. The molecular formula is C14H14N2O2. The van der Waals surface area contributed by atoms with Crippen molar-refractivity contribution in [2.45, 2.75) is 19.9 Å². The molecule has 1 aromatic carbocycles. The van der Waals surface area contributed by atoms with Crippen LogP contribution in [0.25, 0.3) is 0 Å². The molecule has 0 aliphatic heterocycles. The van der Waals surface area contributed by atoms with Gasteiger partial charge in [0.2, 0.25) is 0 Å². The number of carbonyl (C=O) groups is 1. The zero-order chi connectivity index (χ0) is 13.0. The Morgan fingerprint density at radius 1 is 1.28 bits per heavy atom. The molecule has 1 heterocycles. The Morgan fingerprint density at radius 3 is 2.72 bits per heavy atom. The molecule has 4 nitrogen and oxygen atoms in total. The summed E-state index contributed by atoms with van der Waals surface area (Å²) in [7, 11) is 0. The molecule has 0 unspecified atom stereocenters. The quantitative estimate of drug-likeness (QED) is 0.813. The van der Waals surface area contributed by atoms with Gasteiger partial charge in [0, 0.05) is 18.8 Å². The van der Waals surface area contributed by atoms with Crippen LogP contribution in [-0.4, -0.2) is 15.3 Å². The minimum absolute atomic E-state index is 0.00398. The van der Waals surface area contributed by atoms with Crippen LogP contribution in [0.4, 0.5) is 0 Å². The van der Waals surface area contributed by atoms with Crippen molar-refractivity contribution in [3.8, 4) is 0 Å². The van der Waals surface area contributed by atoms with Crippen molar-refractivity contribution in [3.63, 3.8) is 0 Å². The first-order valence-electron chi connectivity index (χ1n) is 5.74. The summed E-state index contributed by atoms with van der Waals surface area (Å²) in [4.78, 5) is 27.0. The monoisotopic (exact) mass is 242 g/mol. The molecule has 0 aliphatic carbocycles. The lowest BCUT2D eigenvalue weighted by Gasteiger charge is -2.05. The van der Waals surface area contributed by atoms with Crippen LogP contribution in [0.2, 0.25) is 0 Å². The summed E-state index contributed by atoms with van der Waals surface area (Å²) in [6.45, 7) is 1.91. The number of aryl methyl sites for hydroxylation is 1. The van der Waals surface area contributed by atoms with Gasteiger partial charge in [0.15, 0.2) is 5.78 Å². The van der Waals surface area contributed by atoms with Crippen LogP contribution in [0, 0.1) is 6.92 Å². The zero-order valence-electron chi connectivity index (χ0n) is 10.2. The van der Waals surface area contributed by atoms with Crippen LogP contribution in [0.1, 0.15) is 11.1 Å². The van der Waals surface area contributed by atoms with Crippen molar-refractivity contribution in [1.82, 2.24) is 9.55 Å². The third-order valence-corrected chi connectivity index (χ3v) is 2.57. The number of hydrogen-bond donors (Lipinski definition) is 0. The summed E-state index contributed by atoms with van der Waals surface area (Å²) in [5.41, 5.74) is 1.43. The maximum Gasteiger partial charge on any atom is 0.347 e. The van der Waals surface area contributed by atoms with Gasteiger partial charge in [0.05, 0.1) is 6.54 Å². The highest BCUT2D eigenvalue weighted by Gasteiger charge is 2.06. The molecule has 92 valence electrons. The maximum atomic E-state index is 11.9. The van der Waals surface area contributed by atoms with Crippen molar-refractivity contribution in [2.24, 2.45) is 0 Å². The highest BCUT2D eigenvalue weighted by molar-refractivity contribution is 5.80. The molecule has 0 saturated heterocycles. The lowest BCUT2D eigenvalue weighted by atomic mass is 10.1. The number of carbonyl (C=O) groups excluding carboxylic acids is 1. The molecule has 0 bridgehead atoms. The smallest absolute Gasteiger partial charge is 0.297 e. The lowest BCUT2D eigenvalue weighted by Crippen LogP contribution is -2.26. The summed E-state index contributed by atoms with van der Waals surface area (Å²) < 4.78 is 1.35. The molecule has 0 amide bonds. The van der Waals surface area contributed by atoms with Crippen LogP contribution in [0.5, 0.6) is 0 Å². The Hall–Kier alpha value is -2.23. The van der Waals surface area contributed by atoms with Gasteiger partial charge in [0.1, 0.15) is 0 Å². The van der Waals surface area contributed by atoms with E-state index < -0.39 is 0 Å². The Bertz CT molecular complexity index is 603. The van der Waals surface area contributed by atoms with Crippen LogP contribution in [-0.2, 0) is 17.8 Å². The number of ketones is 1. The number of hydrogen-bond acceptors (Lipinski definition) is 3. The minimum Gasteiger partial charge on any atom is -0.297 e. The topological polar surface area (TPSA) is 52.0 Å². The Balaban J connectivity index is 2.08. The van der Waals surface area contributed by atoms with Gasteiger partial charge < -0.3 is 0 Å². The third kappa shape index (κ3) is 3.13. The van der Waals surface area contributed by atoms with Gasteiger partial charge in [-0.1, -0.05) is 30.3 Å². The molecule has 0 aliphatic rings. The minimum atomic E-state index is -0.387. The first-order chi connectivity index (χ1) is 8.65. The second-order valence-electron chi connectivity index (χ2n) is 4.24. The Kier molecular flexibility index (Phi) is 3.67. The first-order valence-corrected chi connectivity index (χ1v) is 5.74. The first kappa shape index (κ1) is 12.2. The van der Waals surface area contributed by atoms with E-state index in [1.807, 2.05) is 37.3 Å². The van der Waals surface area contributed by atoms with Crippen molar-refractivity contribution in [3.05, 3.63) is 64.3 Å². The summed E-state index contributed by atoms with van der Waals surface area (Å²) in [5.74, 6) is -0.00398. The van der Waals surface area contributed by atoms with E-state index in [1.165, 1.54) is 10.8 Å². The van der Waals surface area contributed by atoms with Gasteiger partial charge >= 0.3 is 5.69 Å². The van der Waals surface area contributed by atoms with Crippen molar-refractivity contribution < 1.29 is 4.79 Å². The molecule has 0 fully saturated rings. The fraction of sp³-hybridized carbons (Fsp3) is 0.214. The maximum absolute atomic E-state index is 11.9. The van der Waals surface area contributed by atoms with Crippen LogP contribution in [0.15, 0.2) is 47.5 Å². The molecule has 2 aromatic rings. The van der Waals surface area contributed by atoms with Crippen LogP contribution < -0.4 is 5.69 Å². The SMILES string of the molecule is Cc1cnc(=O)n(CC(=O)Cc2ccccc2)c1. The predicted octanol–water partition coefficient (Wildman–Crippen LogP) is 1.36. The predicted molar refractivity (Wildman–Crippen MR) is 68.4 cm³/mol. The molecule has 0 saturated carbocycles. The Morgan fingerprint density at radius 2 is 2.00 bits per heavy atom. The normalized spacial score (nSPS) is 10.3. The summed E-state index contributed by atoms with van der Waals surface area (Å²) in [6.07, 6.45) is 3.49. The molecule has 4 heteroatoms. The number of aromatic nitrogens is 2. The summed E-state index contributed by atoms with van der Waals surface area (Å²) in [5, 5.41) is 0. The number of rotatable bonds is 4. The number of benzene rings is 1. The average Bonchev–Trinajstić information content (AvgIpc) is 2.35. The average molecular weight is 242 g/mol. The van der Waals surface area contributed by atoms with Gasteiger partial charge in [-0.15, -0.1) is 0 Å². The lowest BCUT2D eigenvalue weighted by molar-refractivity contribution is -0.119. The second-order valence-corrected chi connectivity index (χ2v) is 4.24. The van der Waals surface area contributed by atoms with E-state index in [0.717, 1.165) is 11.1 Å². The Labute approximate surface area is 105 Å². The second kappa shape index (κ2) is 5.40. The highest BCUT2D eigenvalue weighted by atomic mass is 16.1. The van der Waals surface area contributed by atoms with Crippen LogP contribution >= 0.6 is 0 Å². The van der Waals surface area contributed by atoms with Crippen molar-refractivity contribution in [1.29, 1.82) is 0 Å². The molecule has 0 spiro atoms. The number of Topliss-reactive ketones (excluding diaryl/α,β-unsaturated/α-hetero) is 1. The van der Waals surface area contributed by atoms with Crippen molar-refractivity contribution in [2.75, 3.05) is 0 Å². The van der Waals surface area contributed by atoms with Gasteiger partial charge in [-0.3, -0.25) is 9.36 Å². The molecule has 0 radical (unpaired) electrons. The molecule has 2 rings (SSSR count). The molecule has 18 heavy (non-hydrogen) atoms. The van der Waals surface area contributed by atoms with Gasteiger partial charge in [-0.25, -0.2) is 9.78 Å². The molecular weight excluding hydrogens is 228 g/mol. The van der Waals surface area contributed by atoms with E-state index in [0.29, 0.717) is 6.42 Å². The van der Waals surface area contributed by atoms with E-state index >= 15 is 0 Å². The fourth-order valence-corrected chi connectivity index (χ4v) is 1.75. The molecule has 0 N–H and O–H groups in total. The standard InChI is InChI=1S/C14H14N2O2/c1-11-8-15-14(18)16(9-11)10-13(17)7-12-5-3-2-4-6-12/h2-6,8-9H,7,10H2,1H3. The van der Waals surface area contributed by atoms with E-state index in [-0.39, 0.29) is 18.0 Å². The highest BCUT2D eigenvalue weighted by Crippen LogP contribution is 2.01. The van der Waals surface area contributed by atoms with E-state index in [1.54, 1.807) is 6.20 Å². The zero-order valence-corrected chi connectivity index (χ0v) is 10.2. The third-order valence-electron chi connectivity index (χ3n) is 2.57.